The largest absolute Gasteiger partial charge is 0.497 e. The quantitative estimate of drug-likeness (QED) is 0.643. The number of nitro benzene ring substituents is 1. The number of benzene rings is 2. The third-order valence-electron chi connectivity index (χ3n) is 2.90. The maximum absolute atomic E-state index is 12.5. The van der Waals surface area contributed by atoms with Crippen LogP contribution in [-0.4, -0.2) is 18.8 Å². The molecule has 0 spiro atoms. The molecule has 0 unspecified atom stereocenters. The fourth-order valence-corrected chi connectivity index (χ4v) is 2.77. The van der Waals surface area contributed by atoms with Crippen LogP contribution in [-0.2, 0) is 15.6 Å². The molecule has 0 aliphatic heterocycles. The zero-order valence-electron chi connectivity index (χ0n) is 10.3. The first-order chi connectivity index (χ1) is 9.63. The highest BCUT2D eigenvalue weighted by molar-refractivity contribution is 7.91. The highest BCUT2D eigenvalue weighted by atomic mass is 32.2. The first-order valence-corrected chi connectivity index (χ1v) is 7.23. The Bertz CT molecular complexity index is 815. The summed E-state index contributed by atoms with van der Waals surface area (Å²) in [7, 11) is -5.50. The van der Waals surface area contributed by atoms with Crippen molar-refractivity contribution in [2.24, 2.45) is 0 Å². The molecule has 0 saturated carbocycles. The Labute approximate surface area is 117 Å². The Morgan fingerprint density at radius 3 is 2.29 bits per heavy atom. The number of fused-ring (bicyclic) bond motifs is 1. The molecule has 5 nitrogen and oxygen atoms in total. The van der Waals surface area contributed by atoms with E-state index in [1.54, 1.807) is 6.07 Å². The molecular formula is C12H8F3NO4S. The van der Waals surface area contributed by atoms with Crippen LogP contribution in [0.4, 0.5) is 18.9 Å². The molecular weight excluding hydrogens is 311 g/mol. The van der Waals surface area contributed by atoms with Gasteiger partial charge in [0.15, 0.2) is 0 Å². The molecule has 112 valence electrons. The maximum atomic E-state index is 12.5. The second-order valence-electron chi connectivity index (χ2n) is 4.25. The van der Waals surface area contributed by atoms with Gasteiger partial charge in [0.05, 0.1) is 16.2 Å². The zero-order valence-corrected chi connectivity index (χ0v) is 11.1. The normalized spacial score (nSPS) is 12.5. The number of hydrogen-bond donors (Lipinski definition) is 0. The molecule has 0 fully saturated rings. The summed E-state index contributed by atoms with van der Waals surface area (Å²) in [6.07, 6.45) is 0. The molecule has 0 saturated heterocycles. The van der Waals surface area contributed by atoms with Gasteiger partial charge in [0.2, 0.25) is 0 Å². The third-order valence-corrected chi connectivity index (χ3v) is 4.27. The van der Waals surface area contributed by atoms with E-state index in [4.69, 9.17) is 0 Å². The van der Waals surface area contributed by atoms with E-state index in [9.17, 15) is 31.7 Å². The van der Waals surface area contributed by atoms with E-state index < -0.39 is 37.3 Å². The summed E-state index contributed by atoms with van der Waals surface area (Å²) in [6, 6.07) is 8.30. The molecule has 0 aromatic heterocycles. The van der Waals surface area contributed by atoms with Crippen molar-refractivity contribution < 1.29 is 26.5 Å². The zero-order chi connectivity index (χ0) is 15.8. The van der Waals surface area contributed by atoms with E-state index in [1.165, 1.54) is 24.3 Å². The molecule has 21 heavy (non-hydrogen) atoms. The summed E-state index contributed by atoms with van der Waals surface area (Å²) in [6.45, 7) is 0. The second-order valence-corrected chi connectivity index (χ2v) is 6.23. The van der Waals surface area contributed by atoms with Gasteiger partial charge in [-0.05, 0) is 16.8 Å². The minimum atomic E-state index is -5.50. The lowest BCUT2D eigenvalue weighted by atomic mass is 10.0. The van der Waals surface area contributed by atoms with Gasteiger partial charge in [0, 0.05) is 6.07 Å². The van der Waals surface area contributed by atoms with Crippen LogP contribution in [0.15, 0.2) is 36.4 Å². The molecule has 9 heteroatoms. The average Bonchev–Trinajstić information content (AvgIpc) is 2.37. The van der Waals surface area contributed by atoms with Gasteiger partial charge < -0.3 is 0 Å². The van der Waals surface area contributed by atoms with Gasteiger partial charge in [-0.1, -0.05) is 24.3 Å². The lowest BCUT2D eigenvalue weighted by Gasteiger charge is -2.10. The number of alkyl halides is 3. The van der Waals surface area contributed by atoms with Crippen molar-refractivity contribution in [1.29, 1.82) is 0 Å². The number of hydrogen-bond acceptors (Lipinski definition) is 4. The minimum Gasteiger partial charge on any atom is -0.258 e. The van der Waals surface area contributed by atoms with Crippen molar-refractivity contribution >= 4 is 26.3 Å². The third kappa shape index (κ3) is 2.82. The summed E-state index contributed by atoms with van der Waals surface area (Å²) >= 11 is 0. The molecule has 0 radical (unpaired) electrons. The minimum absolute atomic E-state index is 0.111. The summed E-state index contributed by atoms with van der Waals surface area (Å²) in [4.78, 5) is 10.0. The molecule has 0 N–H and O–H groups in total. The van der Waals surface area contributed by atoms with Crippen LogP contribution < -0.4 is 0 Å². The van der Waals surface area contributed by atoms with Gasteiger partial charge in [-0.15, -0.1) is 0 Å². The van der Waals surface area contributed by atoms with Crippen LogP contribution in [0.3, 0.4) is 0 Å². The van der Waals surface area contributed by atoms with Crippen LogP contribution in [0.5, 0.6) is 0 Å². The Hall–Kier alpha value is -2.16. The predicted octanol–water partition coefficient (Wildman–Crippen LogP) is 3.18. The Morgan fingerprint density at radius 1 is 1.10 bits per heavy atom. The van der Waals surface area contributed by atoms with E-state index in [1.807, 2.05) is 0 Å². The summed E-state index contributed by atoms with van der Waals surface area (Å²) in [5.41, 5.74) is -6.57. The van der Waals surface area contributed by atoms with Gasteiger partial charge >= 0.3 is 5.51 Å². The Kier molecular flexibility index (Phi) is 3.62. The fourth-order valence-electron chi connectivity index (χ4n) is 1.92. The Morgan fingerprint density at radius 2 is 1.71 bits per heavy atom. The SMILES string of the molecule is O=[N+]([O-])c1ccc2ccccc2c1CS(=O)(=O)C(F)(F)F. The van der Waals surface area contributed by atoms with Gasteiger partial charge in [-0.3, -0.25) is 10.1 Å². The van der Waals surface area contributed by atoms with E-state index in [2.05, 4.69) is 0 Å². The van der Waals surface area contributed by atoms with Crippen molar-refractivity contribution in [1.82, 2.24) is 0 Å². The van der Waals surface area contributed by atoms with E-state index in [0.717, 1.165) is 6.07 Å². The molecule has 0 amide bonds. The molecule has 0 aliphatic rings. The number of sulfone groups is 1. The fraction of sp³-hybridized carbons (Fsp3) is 0.167. The smallest absolute Gasteiger partial charge is 0.258 e. The van der Waals surface area contributed by atoms with Crippen LogP contribution in [0, 0.1) is 10.1 Å². The van der Waals surface area contributed by atoms with Crippen LogP contribution in [0.25, 0.3) is 10.8 Å². The van der Waals surface area contributed by atoms with Crippen molar-refractivity contribution in [3.63, 3.8) is 0 Å². The standard InChI is InChI=1S/C12H8F3NO4S/c13-12(14,15)21(19,20)7-10-9-4-2-1-3-8(9)5-6-11(10)16(17)18/h1-6H,7H2. The lowest BCUT2D eigenvalue weighted by molar-refractivity contribution is -0.385. The number of nitrogens with zero attached hydrogens (tertiary/aromatic N) is 1. The maximum Gasteiger partial charge on any atom is 0.497 e. The predicted molar refractivity (Wildman–Crippen MR) is 69.3 cm³/mol. The summed E-state index contributed by atoms with van der Waals surface area (Å²) in [5, 5.41) is 11.5. The molecule has 0 heterocycles. The first-order valence-electron chi connectivity index (χ1n) is 5.57. The molecule has 0 aliphatic carbocycles. The van der Waals surface area contributed by atoms with Crippen molar-refractivity contribution in [3.05, 3.63) is 52.1 Å². The van der Waals surface area contributed by atoms with E-state index in [0.29, 0.717) is 5.39 Å². The molecule has 2 rings (SSSR count). The summed E-state index contributed by atoms with van der Waals surface area (Å²) in [5.74, 6) is -1.46. The molecule has 0 atom stereocenters. The Balaban J connectivity index is 2.72. The monoisotopic (exact) mass is 319 g/mol. The van der Waals surface area contributed by atoms with Gasteiger partial charge in [0.25, 0.3) is 15.5 Å². The first kappa shape index (κ1) is 15.2. The second kappa shape index (κ2) is 4.99. The van der Waals surface area contributed by atoms with E-state index in [-0.39, 0.29) is 5.39 Å². The highest BCUT2D eigenvalue weighted by Gasteiger charge is 2.46. The number of rotatable bonds is 3. The summed E-state index contributed by atoms with van der Waals surface area (Å²) < 4.78 is 60.1. The topological polar surface area (TPSA) is 77.3 Å². The number of nitro groups is 1. The van der Waals surface area contributed by atoms with Gasteiger partial charge in [-0.25, -0.2) is 8.42 Å². The van der Waals surface area contributed by atoms with Crippen LogP contribution in [0.1, 0.15) is 5.56 Å². The van der Waals surface area contributed by atoms with Crippen LogP contribution in [0.2, 0.25) is 0 Å². The van der Waals surface area contributed by atoms with Crippen molar-refractivity contribution in [3.8, 4) is 0 Å². The molecule has 2 aromatic rings. The van der Waals surface area contributed by atoms with Gasteiger partial charge in [0.1, 0.15) is 0 Å². The van der Waals surface area contributed by atoms with Gasteiger partial charge in [-0.2, -0.15) is 13.2 Å². The lowest BCUT2D eigenvalue weighted by Crippen LogP contribution is -2.25. The van der Waals surface area contributed by atoms with Crippen molar-refractivity contribution in [2.45, 2.75) is 11.3 Å². The highest BCUT2D eigenvalue weighted by Crippen LogP contribution is 2.34. The van der Waals surface area contributed by atoms with Crippen LogP contribution >= 0.6 is 0 Å². The molecule has 2 aromatic carbocycles. The average molecular weight is 319 g/mol. The molecule has 0 bridgehead atoms. The van der Waals surface area contributed by atoms with Crippen molar-refractivity contribution in [2.75, 3.05) is 0 Å². The number of halogens is 3. The van der Waals surface area contributed by atoms with E-state index >= 15 is 0 Å².